The summed E-state index contributed by atoms with van der Waals surface area (Å²) in [4.78, 5) is 24.1. The molecule has 0 unspecified atom stereocenters. The fourth-order valence-corrected chi connectivity index (χ4v) is 6.05. The molecule has 5 heteroatoms. The molecule has 0 saturated heterocycles. The molecule has 27 heavy (non-hydrogen) atoms. The molecule has 4 bridgehead atoms. The monoisotopic (exact) mass is 370 g/mol. The summed E-state index contributed by atoms with van der Waals surface area (Å²) in [6.45, 7) is 1.09. The number of amides is 2. The van der Waals surface area contributed by atoms with Gasteiger partial charge in [0.25, 0.3) is 0 Å². The van der Waals surface area contributed by atoms with Gasteiger partial charge in [0.05, 0.1) is 0 Å². The zero-order chi connectivity index (χ0) is 18.7. The molecule has 0 heterocycles. The third-order valence-electron chi connectivity index (χ3n) is 6.63. The number of benzene rings is 1. The molecule has 0 aromatic heterocycles. The van der Waals surface area contributed by atoms with Crippen molar-refractivity contribution in [1.82, 2.24) is 10.6 Å². The van der Waals surface area contributed by atoms with Crippen molar-refractivity contribution in [1.29, 1.82) is 0 Å². The van der Waals surface area contributed by atoms with Crippen molar-refractivity contribution >= 4 is 12.0 Å². The van der Waals surface area contributed by atoms with Crippen LogP contribution in [-0.4, -0.2) is 25.1 Å². The number of nitrogens with one attached hydrogen (secondary N) is 2. The Labute approximate surface area is 161 Å². The molecular formula is C22H30N2O3. The smallest absolute Gasteiger partial charge is 0.407 e. The van der Waals surface area contributed by atoms with Crippen LogP contribution in [0.2, 0.25) is 0 Å². The lowest BCUT2D eigenvalue weighted by molar-refractivity contribution is -0.129. The van der Waals surface area contributed by atoms with Gasteiger partial charge in [0.15, 0.2) is 0 Å². The van der Waals surface area contributed by atoms with Gasteiger partial charge in [-0.25, -0.2) is 4.79 Å². The molecule has 146 valence electrons. The highest BCUT2D eigenvalue weighted by atomic mass is 16.5. The number of alkyl carbamates (subject to hydrolysis) is 1. The van der Waals surface area contributed by atoms with Gasteiger partial charge in [0, 0.05) is 19.5 Å². The number of carbonyl (C=O) groups excluding carboxylic acids is 2. The van der Waals surface area contributed by atoms with Crippen LogP contribution in [0, 0.1) is 23.2 Å². The Morgan fingerprint density at radius 2 is 1.52 bits per heavy atom. The summed E-state index contributed by atoms with van der Waals surface area (Å²) in [5.41, 5.74) is 1.22. The van der Waals surface area contributed by atoms with E-state index in [2.05, 4.69) is 10.6 Å². The molecular weight excluding hydrogens is 340 g/mol. The van der Waals surface area contributed by atoms with Gasteiger partial charge >= 0.3 is 6.09 Å². The first-order chi connectivity index (χ1) is 13.1. The number of rotatable bonds is 7. The lowest BCUT2D eigenvalue weighted by atomic mass is 9.49. The summed E-state index contributed by atoms with van der Waals surface area (Å²) in [6, 6.07) is 9.58. The number of hydrogen-bond donors (Lipinski definition) is 2. The molecule has 4 fully saturated rings. The van der Waals surface area contributed by atoms with E-state index in [-0.39, 0.29) is 17.9 Å². The molecule has 4 saturated carbocycles. The first-order valence-corrected chi connectivity index (χ1v) is 10.3. The highest BCUT2D eigenvalue weighted by molar-refractivity contribution is 5.76. The van der Waals surface area contributed by atoms with Gasteiger partial charge in [-0.1, -0.05) is 30.3 Å². The standard InChI is InChI=1S/C22H30N2O3/c25-20(14-22-11-17-8-18(12-22)10-19(9-17)13-22)23-6-7-24-21(26)27-15-16-4-2-1-3-5-16/h1-5,17-19H,6-15H2,(H,23,25)(H,24,26). The predicted octanol–water partition coefficient (Wildman–Crippen LogP) is 3.64. The van der Waals surface area contributed by atoms with Gasteiger partial charge in [-0.05, 0) is 67.3 Å². The summed E-state index contributed by atoms with van der Waals surface area (Å²) >= 11 is 0. The molecule has 2 amide bonds. The van der Waals surface area contributed by atoms with Crippen LogP contribution in [0.4, 0.5) is 4.79 Å². The van der Waals surface area contributed by atoms with E-state index in [1.165, 1.54) is 38.5 Å². The second kappa shape index (κ2) is 7.91. The van der Waals surface area contributed by atoms with Crippen molar-refractivity contribution in [3.8, 4) is 0 Å². The summed E-state index contributed by atoms with van der Waals surface area (Å²) in [5.74, 6) is 2.73. The average Bonchev–Trinajstić information content (AvgIpc) is 2.63. The van der Waals surface area contributed by atoms with Gasteiger partial charge in [-0.3, -0.25) is 4.79 Å². The van der Waals surface area contributed by atoms with Gasteiger partial charge in [-0.2, -0.15) is 0 Å². The average molecular weight is 370 g/mol. The minimum absolute atomic E-state index is 0.136. The van der Waals surface area contributed by atoms with Crippen molar-refractivity contribution in [3.63, 3.8) is 0 Å². The molecule has 0 aliphatic heterocycles. The predicted molar refractivity (Wildman–Crippen MR) is 103 cm³/mol. The Hall–Kier alpha value is -2.04. The van der Waals surface area contributed by atoms with E-state index in [1.54, 1.807) is 0 Å². The Kier molecular flexibility index (Phi) is 5.37. The van der Waals surface area contributed by atoms with Crippen LogP contribution in [0.5, 0.6) is 0 Å². The maximum atomic E-state index is 12.4. The van der Waals surface area contributed by atoms with Crippen LogP contribution in [0.15, 0.2) is 30.3 Å². The molecule has 4 aliphatic rings. The SMILES string of the molecule is O=C(CC12CC3CC(CC(C3)C1)C2)NCCNC(=O)OCc1ccccc1. The molecule has 2 N–H and O–H groups in total. The normalized spacial score (nSPS) is 30.7. The van der Waals surface area contributed by atoms with Crippen LogP contribution in [0.1, 0.15) is 50.5 Å². The Morgan fingerprint density at radius 1 is 0.926 bits per heavy atom. The van der Waals surface area contributed by atoms with E-state index in [0.29, 0.717) is 19.5 Å². The lowest BCUT2D eigenvalue weighted by Gasteiger charge is -2.56. The van der Waals surface area contributed by atoms with Crippen LogP contribution in [-0.2, 0) is 16.1 Å². The molecule has 0 spiro atoms. The lowest BCUT2D eigenvalue weighted by Crippen LogP contribution is -2.48. The van der Waals surface area contributed by atoms with Gasteiger partial charge < -0.3 is 15.4 Å². The fourth-order valence-electron chi connectivity index (χ4n) is 6.05. The maximum absolute atomic E-state index is 12.4. The highest BCUT2D eigenvalue weighted by Crippen LogP contribution is 2.61. The summed E-state index contributed by atoms with van der Waals surface area (Å²) in [7, 11) is 0. The minimum atomic E-state index is -0.450. The molecule has 0 atom stereocenters. The molecule has 5 nitrogen and oxygen atoms in total. The summed E-state index contributed by atoms with van der Waals surface area (Å²) < 4.78 is 5.16. The number of ether oxygens (including phenoxy) is 1. The fraction of sp³-hybridized carbons (Fsp3) is 0.636. The van der Waals surface area contributed by atoms with Crippen LogP contribution in [0.3, 0.4) is 0 Å². The number of carbonyl (C=O) groups is 2. The first-order valence-electron chi connectivity index (χ1n) is 10.3. The Balaban J connectivity index is 1.13. The third kappa shape index (κ3) is 4.63. The van der Waals surface area contributed by atoms with E-state index in [4.69, 9.17) is 4.74 Å². The van der Waals surface area contributed by atoms with Gasteiger partial charge in [0.1, 0.15) is 6.61 Å². The maximum Gasteiger partial charge on any atom is 0.407 e. The molecule has 0 radical (unpaired) electrons. The molecule has 1 aromatic rings. The molecule has 5 rings (SSSR count). The number of hydrogen-bond acceptors (Lipinski definition) is 3. The molecule has 4 aliphatic carbocycles. The Bertz CT molecular complexity index is 638. The minimum Gasteiger partial charge on any atom is -0.445 e. The van der Waals surface area contributed by atoms with E-state index in [9.17, 15) is 9.59 Å². The van der Waals surface area contributed by atoms with E-state index < -0.39 is 6.09 Å². The van der Waals surface area contributed by atoms with Crippen LogP contribution < -0.4 is 10.6 Å². The van der Waals surface area contributed by atoms with Crippen molar-refractivity contribution in [2.24, 2.45) is 23.2 Å². The molecule has 1 aromatic carbocycles. The van der Waals surface area contributed by atoms with E-state index in [0.717, 1.165) is 23.3 Å². The van der Waals surface area contributed by atoms with Gasteiger partial charge in [0.2, 0.25) is 5.91 Å². The third-order valence-corrected chi connectivity index (χ3v) is 6.63. The van der Waals surface area contributed by atoms with Gasteiger partial charge in [-0.15, -0.1) is 0 Å². The van der Waals surface area contributed by atoms with Crippen LogP contribution in [0.25, 0.3) is 0 Å². The second-order valence-corrected chi connectivity index (χ2v) is 8.93. The van der Waals surface area contributed by atoms with Crippen molar-refractivity contribution in [3.05, 3.63) is 35.9 Å². The van der Waals surface area contributed by atoms with Crippen molar-refractivity contribution in [2.45, 2.75) is 51.6 Å². The first kappa shape index (κ1) is 18.3. The zero-order valence-corrected chi connectivity index (χ0v) is 15.9. The van der Waals surface area contributed by atoms with Crippen molar-refractivity contribution < 1.29 is 14.3 Å². The zero-order valence-electron chi connectivity index (χ0n) is 15.9. The van der Waals surface area contributed by atoms with E-state index in [1.807, 2.05) is 30.3 Å². The highest BCUT2D eigenvalue weighted by Gasteiger charge is 2.51. The largest absolute Gasteiger partial charge is 0.445 e. The second-order valence-electron chi connectivity index (χ2n) is 8.93. The topological polar surface area (TPSA) is 67.4 Å². The van der Waals surface area contributed by atoms with Crippen LogP contribution >= 0.6 is 0 Å². The summed E-state index contributed by atoms with van der Waals surface area (Å²) in [6.07, 6.45) is 8.15. The quantitative estimate of drug-likeness (QED) is 0.720. The van der Waals surface area contributed by atoms with Crippen molar-refractivity contribution in [2.75, 3.05) is 13.1 Å². The Morgan fingerprint density at radius 3 is 2.15 bits per heavy atom. The summed E-state index contributed by atoms with van der Waals surface area (Å²) in [5, 5.41) is 5.67. The van der Waals surface area contributed by atoms with E-state index >= 15 is 0 Å².